The van der Waals surface area contributed by atoms with Crippen molar-refractivity contribution in [3.8, 4) is 5.75 Å². The lowest BCUT2D eigenvalue weighted by atomic mass is 10.0. The molecule has 1 N–H and O–H groups in total. The molecule has 0 aromatic heterocycles. The van der Waals surface area contributed by atoms with Crippen LogP contribution in [-0.4, -0.2) is 69.4 Å². The van der Waals surface area contributed by atoms with Crippen molar-refractivity contribution in [3.05, 3.63) is 77.9 Å². The molecule has 1 heterocycles. The summed E-state index contributed by atoms with van der Waals surface area (Å²) in [5.41, 5.74) is 1.42. The number of aliphatic hydroxyl groups excluding tert-OH is 1. The van der Waals surface area contributed by atoms with Crippen LogP contribution >= 0.6 is 0 Å². The number of aliphatic hydroxyl groups is 1. The van der Waals surface area contributed by atoms with E-state index in [9.17, 15) is 9.90 Å². The molecule has 5 atom stereocenters. The lowest BCUT2D eigenvalue weighted by Crippen LogP contribution is -2.46. The van der Waals surface area contributed by atoms with Gasteiger partial charge in [-0.05, 0) is 81.2 Å². The van der Waals surface area contributed by atoms with E-state index < -0.39 is 44.5 Å². The first-order chi connectivity index (χ1) is 20.2. The summed E-state index contributed by atoms with van der Waals surface area (Å²) in [5.74, 6) is -0.608. The third kappa shape index (κ3) is 9.99. The molecule has 0 aliphatic carbocycles. The molecule has 1 aliphatic rings. The summed E-state index contributed by atoms with van der Waals surface area (Å²) in [4.78, 5) is 13.2. The molecule has 8 nitrogen and oxygen atoms in total. The summed E-state index contributed by atoms with van der Waals surface area (Å²) < 4.78 is 36.9. The Morgan fingerprint density at radius 3 is 2.28 bits per heavy atom. The average Bonchev–Trinajstić information content (AvgIpc) is 3.25. The molecule has 1 unspecified atom stereocenters. The van der Waals surface area contributed by atoms with E-state index in [-0.39, 0.29) is 17.7 Å². The fraction of sp³-hybridized carbons (Fsp3) is 0.559. The lowest BCUT2D eigenvalue weighted by Gasteiger charge is -2.40. The summed E-state index contributed by atoms with van der Waals surface area (Å²) in [6.07, 6.45) is 1.39. The summed E-state index contributed by atoms with van der Waals surface area (Å²) >= 11 is 0. The van der Waals surface area contributed by atoms with Crippen molar-refractivity contribution >= 4 is 14.3 Å². The fourth-order valence-corrected chi connectivity index (χ4v) is 6.08. The van der Waals surface area contributed by atoms with Crippen molar-refractivity contribution in [2.75, 3.05) is 13.7 Å². The van der Waals surface area contributed by atoms with Gasteiger partial charge in [0.2, 0.25) is 0 Å². The Labute approximate surface area is 258 Å². The highest BCUT2D eigenvalue weighted by atomic mass is 28.4. The van der Waals surface area contributed by atoms with E-state index in [1.807, 2.05) is 63.3 Å². The van der Waals surface area contributed by atoms with E-state index in [1.54, 1.807) is 31.4 Å². The van der Waals surface area contributed by atoms with Crippen molar-refractivity contribution in [2.24, 2.45) is 0 Å². The lowest BCUT2D eigenvalue weighted by molar-refractivity contribution is -0.153. The standard InChI is InChI=1S/C34H50O8Si/c1-24(42-43(8,9)33(2,3)4)28(38-23-25-15-17-27(37-7)18-16-25)19-20-29(39-32(36)26-13-11-10-12-14-26)31-30(21-22-35)40-34(5,6)41-31/h10-20,24,28-31,35H,21-23H2,1-9H3/b20-19-/t24-,28+,29?,30-,31+/m0/s1. The number of esters is 1. The molecule has 2 aromatic carbocycles. The Hall–Kier alpha value is -2.53. The molecule has 1 saturated heterocycles. The minimum atomic E-state index is -2.13. The molecular formula is C34H50O8Si. The molecule has 43 heavy (non-hydrogen) atoms. The van der Waals surface area contributed by atoms with Gasteiger partial charge in [0.1, 0.15) is 24.1 Å². The Bertz CT molecular complexity index is 1170. The molecule has 0 saturated carbocycles. The normalized spacial score (nSPS) is 21.0. The molecule has 0 bridgehead atoms. The van der Waals surface area contributed by atoms with E-state index in [1.165, 1.54) is 0 Å². The second-order valence-electron chi connectivity index (χ2n) is 13.0. The maximum absolute atomic E-state index is 13.2. The second kappa shape index (κ2) is 15.0. The van der Waals surface area contributed by atoms with Crippen LogP contribution in [0.1, 0.15) is 63.9 Å². The minimum absolute atomic E-state index is 0.0113. The largest absolute Gasteiger partial charge is 0.497 e. The van der Waals surface area contributed by atoms with Crippen molar-refractivity contribution < 1.29 is 38.0 Å². The van der Waals surface area contributed by atoms with Crippen LogP contribution < -0.4 is 4.74 Å². The highest BCUT2D eigenvalue weighted by Crippen LogP contribution is 2.38. The molecule has 0 radical (unpaired) electrons. The predicted octanol–water partition coefficient (Wildman–Crippen LogP) is 6.68. The Kier molecular flexibility index (Phi) is 12.2. The third-order valence-electron chi connectivity index (χ3n) is 8.05. The van der Waals surface area contributed by atoms with Crippen LogP contribution in [0.15, 0.2) is 66.7 Å². The zero-order valence-electron chi connectivity index (χ0n) is 27.2. The monoisotopic (exact) mass is 614 g/mol. The number of carbonyl (C=O) groups excluding carboxylic acids is 1. The van der Waals surface area contributed by atoms with Gasteiger partial charge in [-0.2, -0.15) is 0 Å². The van der Waals surface area contributed by atoms with Crippen LogP contribution in [0.25, 0.3) is 0 Å². The first-order valence-corrected chi connectivity index (χ1v) is 17.9. The molecule has 0 spiro atoms. The van der Waals surface area contributed by atoms with E-state index in [2.05, 4.69) is 33.9 Å². The third-order valence-corrected chi connectivity index (χ3v) is 12.6. The van der Waals surface area contributed by atoms with Crippen molar-refractivity contribution in [3.63, 3.8) is 0 Å². The maximum Gasteiger partial charge on any atom is 0.338 e. The number of ether oxygens (including phenoxy) is 5. The van der Waals surface area contributed by atoms with Gasteiger partial charge in [0.25, 0.3) is 0 Å². The maximum atomic E-state index is 13.2. The number of rotatable bonds is 14. The molecule has 9 heteroatoms. The molecular weight excluding hydrogens is 564 g/mol. The quantitative estimate of drug-likeness (QED) is 0.143. The number of hydrogen-bond donors (Lipinski definition) is 1. The summed E-state index contributed by atoms with van der Waals surface area (Å²) in [7, 11) is -0.495. The molecule has 1 aliphatic heterocycles. The van der Waals surface area contributed by atoms with Crippen molar-refractivity contribution in [1.82, 2.24) is 0 Å². The van der Waals surface area contributed by atoms with Gasteiger partial charge in [-0.1, -0.05) is 57.2 Å². The zero-order valence-corrected chi connectivity index (χ0v) is 28.2. The van der Waals surface area contributed by atoms with Crippen LogP contribution in [0, 0.1) is 0 Å². The number of hydrogen-bond acceptors (Lipinski definition) is 8. The average molecular weight is 615 g/mol. The summed E-state index contributed by atoms with van der Waals surface area (Å²) in [5, 5.41) is 9.74. The molecule has 1 fully saturated rings. The highest BCUT2D eigenvalue weighted by Gasteiger charge is 2.46. The SMILES string of the molecule is COc1ccc(CO[C@H](/C=C\C(OC(=O)c2ccccc2)[C@H]2OC(C)(C)O[C@H]2CCO)[C@H](C)O[Si](C)(C)C(C)(C)C)cc1. The van der Waals surface area contributed by atoms with Gasteiger partial charge in [0.15, 0.2) is 14.1 Å². The van der Waals surface area contributed by atoms with Gasteiger partial charge < -0.3 is 33.2 Å². The van der Waals surface area contributed by atoms with Gasteiger partial charge in [-0.3, -0.25) is 0 Å². The molecule has 238 valence electrons. The number of benzene rings is 2. The van der Waals surface area contributed by atoms with Crippen molar-refractivity contribution in [1.29, 1.82) is 0 Å². The number of methoxy groups -OCH3 is 1. The van der Waals surface area contributed by atoms with Crippen LogP contribution in [0.3, 0.4) is 0 Å². The van der Waals surface area contributed by atoms with E-state index in [0.717, 1.165) is 11.3 Å². The topological polar surface area (TPSA) is 92.7 Å². The smallest absolute Gasteiger partial charge is 0.338 e. The highest BCUT2D eigenvalue weighted by molar-refractivity contribution is 6.74. The van der Waals surface area contributed by atoms with Crippen molar-refractivity contribution in [2.45, 2.75) is 109 Å². The minimum Gasteiger partial charge on any atom is -0.497 e. The van der Waals surface area contributed by atoms with Gasteiger partial charge in [0.05, 0.1) is 31.5 Å². The van der Waals surface area contributed by atoms with Gasteiger partial charge in [-0.15, -0.1) is 0 Å². The fourth-order valence-electron chi connectivity index (χ4n) is 4.66. The summed E-state index contributed by atoms with van der Waals surface area (Å²) in [6.45, 7) is 16.9. The zero-order chi connectivity index (χ0) is 31.8. The van der Waals surface area contributed by atoms with Gasteiger partial charge in [0, 0.05) is 6.61 Å². The first kappa shape index (κ1) is 35.0. The molecule has 0 amide bonds. The number of carbonyl (C=O) groups is 1. The predicted molar refractivity (Wildman–Crippen MR) is 170 cm³/mol. The van der Waals surface area contributed by atoms with Gasteiger partial charge >= 0.3 is 5.97 Å². The Balaban J connectivity index is 1.93. The van der Waals surface area contributed by atoms with Crippen LogP contribution in [0.2, 0.25) is 18.1 Å². The van der Waals surface area contributed by atoms with E-state index >= 15 is 0 Å². The second-order valence-corrected chi connectivity index (χ2v) is 17.7. The Morgan fingerprint density at radius 2 is 1.70 bits per heavy atom. The molecule has 3 rings (SSSR count). The molecule has 2 aromatic rings. The Morgan fingerprint density at radius 1 is 1.05 bits per heavy atom. The van der Waals surface area contributed by atoms with Gasteiger partial charge in [-0.25, -0.2) is 4.79 Å². The van der Waals surface area contributed by atoms with Crippen LogP contribution in [-0.2, 0) is 30.0 Å². The summed E-state index contributed by atoms with van der Waals surface area (Å²) in [6, 6.07) is 16.6. The van der Waals surface area contributed by atoms with Crippen LogP contribution in [0.5, 0.6) is 5.75 Å². The van der Waals surface area contributed by atoms with E-state index in [4.69, 9.17) is 28.1 Å². The van der Waals surface area contributed by atoms with Crippen LogP contribution in [0.4, 0.5) is 0 Å². The van der Waals surface area contributed by atoms with E-state index in [0.29, 0.717) is 18.6 Å². The first-order valence-electron chi connectivity index (χ1n) is 15.0.